The van der Waals surface area contributed by atoms with Crippen molar-refractivity contribution in [1.29, 1.82) is 0 Å². The number of hydrazine groups is 1. The summed E-state index contributed by atoms with van der Waals surface area (Å²) in [7, 11) is -0.516. The Kier molecular flexibility index (Phi) is 8.41. The number of nitrogens with zero attached hydrogens (tertiary/aromatic N) is 2. The van der Waals surface area contributed by atoms with E-state index < -0.39 is 30.0 Å². The van der Waals surface area contributed by atoms with Gasteiger partial charge in [-0.2, -0.15) is 0 Å². The van der Waals surface area contributed by atoms with Gasteiger partial charge in [-0.3, -0.25) is 0 Å². The van der Waals surface area contributed by atoms with Crippen molar-refractivity contribution >= 4 is 42.4 Å². The van der Waals surface area contributed by atoms with Crippen LogP contribution in [-0.2, 0) is 18.8 Å². The van der Waals surface area contributed by atoms with Crippen molar-refractivity contribution in [2.45, 2.75) is 103 Å². The van der Waals surface area contributed by atoms with Gasteiger partial charge in [0.2, 0.25) is 0 Å². The number of pyridine rings is 1. The van der Waals surface area contributed by atoms with Crippen molar-refractivity contribution in [2.24, 2.45) is 0 Å². The molecule has 0 radical (unpaired) electrons. The molecule has 1 aliphatic heterocycles. The topological polar surface area (TPSA) is 102 Å². The first-order valence-electron chi connectivity index (χ1n) is 12.2. The molecule has 1 amide bonds. The number of aromatic nitrogens is 1. The summed E-state index contributed by atoms with van der Waals surface area (Å²) in [5.74, 6) is 0.676. The van der Waals surface area contributed by atoms with Crippen LogP contribution in [0.4, 0.5) is 10.6 Å². The molecule has 2 fully saturated rings. The van der Waals surface area contributed by atoms with Crippen LogP contribution in [0.5, 0.6) is 0 Å². The fourth-order valence-electron chi connectivity index (χ4n) is 4.07. The zero-order valence-electron chi connectivity index (χ0n) is 21.8. The molecular formula is C24H38BClN4O5. The molecule has 1 aliphatic carbocycles. The van der Waals surface area contributed by atoms with Crippen LogP contribution in [0.2, 0.25) is 5.15 Å². The van der Waals surface area contributed by atoms with Gasteiger partial charge in [0.25, 0.3) is 0 Å². The number of amides is 1. The molecule has 35 heavy (non-hydrogen) atoms. The lowest BCUT2D eigenvalue weighted by Gasteiger charge is -2.34. The third-order valence-electron chi connectivity index (χ3n) is 6.63. The van der Waals surface area contributed by atoms with E-state index >= 15 is 0 Å². The maximum Gasteiger partial charge on any atom is 0.495 e. The highest BCUT2D eigenvalue weighted by atomic mass is 35.5. The van der Waals surface area contributed by atoms with Gasteiger partial charge in [-0.15, -0.1) is 0 Å². The van der Waals surface area contributed by atoms with Crippen molar-refractivity contribution in [2.75, 3.05) is 11.9 Å². The molecule has 2 aliphatic rings. The van der Waals surface area contributed by atoms with Gasteiger partial charge in [-0.25, -0.2) is 20.2 Å². The number of rotatable bonds is 7. The Morgan fingerprint density at radius 1 is 1.17 bits per heavy atom. The first-order chi connectivity index (χ1) is 16.2. The number of halogens is 1. The summed E-state index contributed by atoms with van der Waals surface area (Å²) >= 11 is 6.32. The quantitative estimate of drug-likeness (QED) is 0.249. The van der Waals surface area contributed by atoms with E-state index in [-0.39, 0.29) is 18.6 Å². The van der Waals surface area contributed by atoms with Crippen LogP contribution in [0.1, 0.15) is 74.1 Å². The van der Waals surface area contributed by atoms with Gasteiger partial charge in [0.05, 0.1) is 17.7 Å². The number of carbonyl (C=O) groups is 2. The van der Waals surface area contributed by atoms with Crippen LogP contribution >= 0.6 is 11.6 Å². The Labute approximate surface area is 213 Å². The highest BCUT2D eigenvalue weighted by Crippen LogP contribution is 2.36. The summed E-state index contributed by atoms with van der Waals surface area (Å²) in [5.41, 5.74) is 2.47. The van der Waals surface area contributed by atoms with E-state index in [0.29, 0.717) is 17.3 Å². The first kappa shape index (κ1) is 27.7. The third-order valence-corrected chi connectivity index (χ3v) is 6.82. The number of carbonyl (C=O) groups excluding carboxylic acids is 2. The average Bonchev–Trinajstić information content (AvgIpc) is 2.94. The van der Waals surface area contributed by atoms with E-state index in [4.69, 9.17) is 25.6 Å². The predicted molar refractivity (Wildman–Crippen MR) is 137 cm³/mol. The van der Waals surface area contributed by atoms with Crippen molar-refractivity contribution in [3.8, 4) is 0 Å². The first-order valence-corrected chi connectivity index (χ1v) is 12.6. The Morgan fingerprint density at radius 3 is 2.29 bits per heavy atom. The molecule has 1 aromatic rings. The van der Waals surface area contributed by atoms with E-state index in [1.54, 1.807) is 26.8 Å². The van der Waals surface area contributed by atoms with Gasteiger partial charge in [0, 0.05) is 12.1 Å². The second-order valence-electron chi connectivity index (χ2n) is 11.3. The van der Waals surface area contributed by atoms with E-state index in [9.17, 15) is 9.59 Å². The Balaban J connectivity index is 1.57. The summed E-state index contributed by atoms with van der Waals surface area (Å²) in [4.78, 5) is 27.9. The lowest BCUT2D eigenvalue weighted by Crippen LogP contribution is -2.52. The molecule has 1 aromatic heterocycles. The SMILES string of the molecule is CC(C)(C)OC(=O)N(CC=O)NC1CCC(Nc2cc(B3OC(C)(C)C(C)(C)O3)cc(Cl)n2)CC1. The van der Waals surface area contributed by atoms with Crippen LogP contribution in [0.25, 0.3) is 0 Å². The van der Waals surface area contributed by atoms with E-state index in [1.807, 2.05) is 33.8 Å². The van der Waals surface area contributed by atoms with Gasteiger partial charge in [0.1, 0.15) is 22.9 Å². The highest BCUT2D eigenvalue weighted by molar-refractivity contribution is 6.62. The minimum Gasteiger partial charge on any atom is -0.443 e. The standard InChI is InChI=1S/C24H38BClN4O5/c1-22(2,3)33-21(32)30(12-13-31)29-18-10-8-17(9-11-18)27-20-15-16(14-19(26)28-20)25-34-23(4,5)24(6,7)35-25/h13-15,17-18,29H,8-12H2,1-7H3,(H,27,28). The molecule has 194 valence electrons. The molecule has 0 unspecified atom stereocenters. The summed E-state index contributed by atoms with van der Waals surface area (Å²) in [6.07, 6.45) is 3.50. The fourth-order valence-corrected chi connectivity index (χ4v) is 4.29. The lowest BCUT2D eigenvalue weighted by molar-refractivity contribution is -0.109. The van der Waals surface area contributed by atoms with Gasteiger partial charge < -0.3 is 24.2 Å². The largest absolute Gasteiger partial charge is 0.495 e. The van der Waals surface area contributed by atoms with Crippen molar-refractivity contribution in [1.82, 2.24) is 15.4 Å². The van der Waals surface area contributed by atoms with Crippen LogP contribution in [-0.4, -0.2) is 64.9 Å². The smallest absolute Gasteiger partial charge is 0.443 e. The second-order valence-corrected chi connectivity index (χ2v) is 11.7. The highest BCUT2D eigenvalue weighted by Gasteiger charge is 2.51. The molecule has 0 aromatic carbocycles. The Hall–Kier alpha value is -1.88. The minimum absolute atomic E-state index is 0.0631. The van der Waals surface area contributed by atoms with E-state index in [2.05, 4.69) is 15.7 Å². The number of nitrogens with one attached hydrogen (secondary N) is 2. The van der Waals surface area contributed by atoms with Crippen molar-refractivity contribution < 1.29 is 23.6 Å². The normalized spacial score (nSPS) is 23.6. The molecule has 9 nitrogen and oxygen atoms in total. The van der Waals surface area contributed by atoms with Gasteiger partial charge in [0.15, 0.2) is 0 Å². The average molecular weight is 509 g/mol. The number of aldehydes is 1. The summed E-state index contributed by atoms with van der Waals surface area (Å²) in [5, 5.41) is 5.11. The molecular weight excluding hydrogens is 471 g/mol. The Morgan fingerprint density at radius 2 is 1.74 bits per heavy atom. The number of hydrogen-bond donors (Lipinski definition) is 2. The summed E-state index contributed by atoms with van der Waals surface area (Å²) < 4.78 is 17.7. The molecule has 0 bridgehead atoms. The molecule has 0 spiro atoms. The minimum atomic E-state index is -0.635. The maximum absolute atomic E-state index is 12.4. The maximum atomic E-state index is 12.4. The van der Waals surface area contributed by atoms with Crippen molar-refractivity contribution in [3.63, 3.8) is 0 Å². The van der Waals surface area contributed by atoms with Crippen LogP contribution in [0.15, 0.2) is 12.1 Å². The fraction of sp³-hybridized carbons (Fsp3) is 0.708. The number of hydrogen-bond acceptors (Lipinski definition) is 8. The lowest BCUT2D eigenvalue weighted by atomic mass is 9.79. The number of anilines is 1. The third kappa shape index (κ3) is 7.32. The summed E-state index contributed by atoms with van der Waals surface area (Å²) in [6, 6.07) is 3.96. The number of ether oxygens (including phenoxy) is 1. The van der Waals surface area contributed by atoms with E-state index in [1.165, 1.54) is 5.01 Å². The zero-order valence-corrected chi connectivity index (χ0v) is 22.6. The van der Waals surface area contributed by atoms with Gasteiger partial charge >= 0.3 is 13.2 Å². The van der Waals surface area contributed by atoms with E-state index in [0.717, 1.165) is 31.1 Å². The predicted octanol–water partition coefficient (Wildman–Crippen LogP) is 3.70. The summed E-state index contributed by atoms with van der Waals surface area (Å²) in [6.45, 7) is 13.4. The molecule has 3 rings (SSSR count). The molecule has 0 atom stereocenters. The molecule has 2 heterocycles. The second kappa shape index (κ2) is 10.6. The van der Waals surface area contributed by atoms with Gasteiger partial charge in [-0.05, 0) is 91.7 Å². The molecule has 1 saturated carbocycles. The van der Waals surface area contributed by atoms with Crippen LogP contribution in [0, 0.1) is 0 Å². The monoisotopic (exact) mass is 508 g/mol. The molecule has 1 saturated heterocycles. The molecule has 11 heteroatoms. The van der Waals surface area contributed by atoms with Crippen molar-refractivity contribution in [3.05, 3.63) is 17.3 Å². The van der Waals surface area contributed by atoms with Gasteiger partial charge in [-0.1, -0.05) is 11.6 Å². The Bertz CT molecular complexity index is 900. The molecule has 2 N–H and O–H groups in total. The van der Waals surface area contributed by atoms with Crippen LogP contribution in [0.3, 0.4) is 0 Å². The van der Waals surface area contributed by atoms with Crippen LogP contribution < -0.4 is 16.2 Å². The zero-order chi connectivity index (χ0) is 26.0.